The van der Waals surface area contributed by atoms with Crippen LogP contribution >= 0.6 is 23.2 Å². The van der Waals surface area contributed by atoms with Gasteiger partial charge in [0.2, 0.25) is 0 Å². The van der Waals surface area contributed by atoms with E-state index in [1.165, 1.54) is 0 Å². The molecule has 0 N–H and O–H groups in total. The average molecular weight is 300 g/mol. The van der Waals surface area contributed by atoms with Crippen molar-refractivity contribution >= 4 is 29.0 Å². The van der Waals surface area contributed by atoms with E-state index >= 15 is 0 Å². The van der Waals surface area contributed by atoms with Crippen molar-refractivity contribution in [1.82, 2.24) is 4.90 Å². The number of carbonyl (C=O) groups excluding carboxylic acids is 1. The third-order valence-electron chi connectivity index (χ3n) is 4.02. The van der Waals surface area contributed by atoms with E-state index < -0.39 is 0 Å². The van der Waals surface area contributed by atoms with Crippen molar-refractivity contribution in [3.63, 3.8) is 0 Å². The van der Waals surface area contributed by atoms with Crippen molar-refractivity contribution in [2.75, 3.05) is 19.6 Å². The first-order chi connectivity index (χ1) is 8.97. The summed E-state index contributed by atoms with van der Waals surface area (Å²) in [7, 11) is 0. The molecule has 0 spiro atoms. The van der Waals surface area contributed by atoms with Crippen LogP contribution in [0.15, 0.2) is 18.2 Å². The number of benzene rings is 1. The Labute approximate surface area is 124 Å². The van der Waals surface area contributed by atoms with Crippen LogP contribution in [0.3, 0.4) is 0 Å². The highest BCUT2D eigenvalue weighted by Crippen LogP contribution is 2.24. The number of piperidine rings is 1. The predicted octanol–water partition coefficient (Wildman–Crippen LogP) is 4.15. The van der Waals surface area contributed by atoms with Gasteiger partial charge in [0.1, 0.15) is 0 Å². The van der Waals surface area contributed by atoms with Crippen molar-refractivity contribution < 1.29 is 4.79 Å². The van der Waals surface area contributed by atoms with Gasteiger partial charge < -0.3 is 0 Å². The summed E-state index contributed by atoms with van der Waals surface area (Å²) in [6, 6.07) is 5.04. The third-order valence-corrected chi connectivity index (χ3v) is 4.56. The Hall–Kier alpha value is -0.570. The molecule has 2 rings (SSSR count). The van der Waals surface area contributed by atoms with Gasteiger partial charge >= 0.3 is 0 Å². The van der Waals surface area contributed by atoms with Crippen LogP contribution < -0.4 is 0 Å². The largest absolute Gasteiger partial charge is 0.296 e. The quantitative estimate of drug-likeness (QED) is 0.781. The van der Waals surface area contributed by atoms with Crippen molar-refractivity contribution in [1.29, 1.82) is 0 Å². The van der Waals surface area contributed by atoms with E-state index in [-0.39, 0.29) is 5.78 Å². The van der Waals surface area contributed by atoms with Gasteiger partial charge in [-0.2, -0.15) is 0 Å². The average Bonchev–Trinajstić information content (AvgIpc) is 2.33. The molecule has 2 atom stereocenters. The Morgan fingerprint density at radius 2 is 2.05 bits per heavy atom. The Kier molecular flexibility index (Phi) is 4.88. The number of nitrogens with zero attached hydrogens (tertiary/aromatic N) is 1. The molecule has 2 unspecified atom stereocenters. The van der Waals surface area contributed by atoms with Gasteiger partial charge in [0.15, 0.2) is 5.78 Å². The summed E-state index contributed by atoms with van der Waals surface area (Å²) in [6.07, 6.45) is 1.16. The maximum atomic E-state index is 12.3. The molecule has 0 radical (unpaired) electrons. The lowest BCUT2D eigenvalue weighted by molar-refractivity contribution is 0.0849. The van der Waals surface area contributed by atoms with E-state index in [0.717, 1.165) is 25.4 Å². The Bertz CT molecular complexity index is 475. The topological polar surface area (TPSA) is 20.3 Å². The number of hydrogen-bond acceptors (Lipinski definition) is 2. The number of ketones is 1. The van der Waals surface area contributed by atoms with Crippen LogP contribution in [0.5, 0.6) is 0 Å². The SMILES string of the molecule is CC1CCN(CC(=O)c2ccc(Cl)cc2Cl)CC1C. The fraction of sp³-hybridized carbons (Fsp3) is 0.533. The molecule has 1 aromatic carbocycles. The smallest absolute Gasteiger partial charge is 0.178 e. The van der Waals surface area contributed by atoms with Gasteiger partial charge in [-0.05, 0) is 43.0 Å². The number of likely N-dealkylation sites (tertiary alicyclic amines) is 1. The molecule has 1 aliphatic heterocycles. The van der Waals surface area contributed by atoms with Crippen molar-refractivity contribution in [2.24, 2.45) is 11.8 Å². The van der Waals surface area contributed by atoms with Gasteiger partial charge in [0.05, 0.1) is 11.6 Å². The van der Waals surface area contributed by atoms with Crippen LogP contribution in [0, 0.1) is 11.8 Å². The highest BCUT2D eigenvalue weighted by atomic mass is 35.5. The molecular weight excluding hydrogens is 281 g/mol. The maximum Gasteiger partial charge on any atom is 0.178 e. The van der Waals surface area contributed by atoms with Gasteiger partial charge in [-0.25, -0.2) is 0 Å². The highest BCUT2D eigenvalue weighted by molar-refractivity contribution is 6.36. The van der Waals surface area contributed by atoms with Crippen LogP contribution in [-0.4, -0.2) is 30.3 Å². The standard InChI is InChI=1S/C15H19Cl2NO/c1-10-5-6-18(8-11(10)2)9-15(19)13-4-3-12(16)7-14(13)17/h3-4,7,10-11H,5-6,8-9H2,1-2H3. The van der Waals surface area contributed by atoms with Crippen LogP contribution in [0.2, 0.25) is 10.0 Å². The summed E-state index contributed by atoms with van der Waals surface area (Å²) in [5.74, 6) is 1.45. The van der Waals surface area contributed by atoms with E-state index in [4.69, 9.17) is 23.2 Å². The molecule has 0 bridgehead atoms. The second kappa shape index (κ2) is 6.25. The number of Topliss-reactive ketones (excluding diaryl/α,β-unsaturated/α-hetero) is 1. The Morgan fingerprint density at radius 1 is 1.32 bits per heavy atom. The first-order valence-corrected chi connectivity index (χ1v) is 7.43. The molecule has 4 heteroatoms. The normalized spacial score (nSPS) is 24.4. The van der Waals surface area contributed by atoms with Crippen LogP contribution in [0.25, 0.3) is 0 Å². The molecule has 1 aliphatic rings. The molecule has 1 fully saturated rings. The van der Waals surface area contributed by atoms with E-state index in [0.29, 0.717) is 28.1 Å². The summed E-state index contributed by atoms with van der Waals surface area (Å²) in [5, 5.41) is 0.998. The van der Waals surface area contributed by atoms with Crippen molar-refractivity contribution in [3.8, 4) is 0 Å². The van der Waals surface area contributed by atoms with Gasteiger partial charge in [-0.1, -0.05) is 37.0 Å². The molecule has 1 saturated heterocycles. The zero-order chi connectivity index (χ0) is 14.0. The van der Waals surface area contributed by atoms with Crippen LogP contribution in [-0.2, 0) is 0 Å². The van der Waals surface area contributed by atoms with E-state index in [1.54, 1.807) is 18.2 Å². The summed E-state index contributed by atoms with van der Waals surface area (Å²) >= 11 is 11.9. The van der Waals surface area contributed by atoms with E-state index in [1.807, 2.05) is 0 Å². The minimum Gasteiger partial charge on any atom is -0.296 e. The van der Waals surface area contributed by atoms with E-state index in [9.17, 15) is 4.79 Å². The first-order valence-electron chi connectivity index (χ1n) is 6.68. The number of halogens is 2. The molecule has 1 aromatic rings. The highest BCUT2D eigenvalue weighted by Gasteiger charge is 2.24. The zero-order valence-corrected chi connectivity index (χ0v) is 12.8. The monoisotopic (exact) mass is 299 g/mol. The minimum absolute atomic E-state index is 0.0726. The molecule has 0 aromatic heterocycles. The van der Waals surface area contributed by atoms with Crippen molar-refractivity contribution in [2.45, 2.75) is 20.3 Å². The maximum absolute atomic E-state index is 12.3. The number of hydrogen-bond donors (Lipinski definition) is 0. The van der Waals surface area contributed by atoms with Crippen LogP contribution in [0.4, 0.5) is 0 Å². The van der Waals surface area contributed by atoms with Gasteiger partial charge in [0, 0.05) is 17.1 Å². The molecular formula is C15H19Cl2NO. The summed E-state index contributed by atoms with van der Waals surface area (Å²) < 4.78 is 0. The molecule has 2 nitrogen and oxygen atoms in total. The lowest BCUT2D eigenvalue weighted by Crippen LogP contribution is -2.41. The third kappa shape index (κ3) is 3.71. The van der Waals surface area contributed by atoms with Gasteiger partial charge in [-0.3, -0.25) is 9.69 Å². The second-order valence-electron chi connectivity index (χ2n) is 5.53. The first kappa shape index (κ1) is 14.8. The Morgan fingerprint density at radius 3 is 2.68 bits per heavy atom. The zero-order valence-electron chi connectivity index (χ0n) is 11.3. The van der Waals surface area contributed by atoms with Crippen LogP contribution in [0.1, 0.15) is 30.6 Å². The molecule has 104 valence electrons. The number of carbonyl (C=O) groups is 1. The predicted molar refractivity (Wildman–Crippen MR) is 80.2 cm³/mol. The molecule has 0 amide bonds. The molecule has 19 heavy (non-hydrogen) atoms. The lowest BCUT2D eigenvalue weighted by Gasteiger charge is -2.34. The second-order valence-corrected chi connectivity index (χ2v) is 6.37. The van der Waals surface area contributed by atoms with E-state index in [2.05, 4.69) is 18.7 Å². The lowest BCUT2D eigenvalue weighted by atomic mass is 9.88. The molecule has 0 saturated carbocycles. The number of rotatable bonds is 3. The Balaban J connectivity index is 2.01. The van der Waals surface area contributed by atoms with Gasteiger partial charge in [0.25, 0.3) is 0 Å². The van der Waals surface area contributed by atoms with Gasteiger partial charge in [-0.15, -0.1) is 0 Å². The summed E-state index contributed by atoms with van der Waals surface area (Å²) in [4.78, 5) is 14.5. The minimum atomic E-state index is 0.0726. The summed E-state index contributed by atoms with van der Waals surface area (Å²) in [5.41, 5.74) is 0.567. The van der Waals surface area contributed by atoms with Crippen molar-refractivity contribution in [3.05, 3.63) is 33.8 Å². The molecule has 1 heterocycles. The summed E-state index contributed by atoms with van der Waals surface area (Å²) in [6.45, 7) is 6.94. The fourth-order valence-corrected chi connectivity index (χ4v) is 3.01. The fourth-order valence-electron chi connectivity index (χ4n) is 2.50. The molecule has 0 aliphatic carbocycles.